The predicted molar refractivity (Wildman–Crippen MR) is 127 cm³/mol. The first-order chi connectivity index (χ1) is 14.0. The first-order valence-corrected chi connectivity index (χ1v) is 10.8. The van der Waals surface area contributed by atoms with E-state index in [2.05, 4.69) is 20.1 Å². The molecule has 3 fully saturated rings. The van der Waals surface area contributed by atoms with Crippen LogP contribution in [0.1, 0.15) is 25.7 Å². The Morgan fingerprint density at radius 3 is 2.33 bits per heavy atom. The lowest BCUT2D eigenvalue weighted by Crippen LogP contribution is -2.57. The second-order valence-corrected chi connectivity index (χ2v) is 8.39. The third-order valence-electron chi connectivity index (χ3n) is 6.07. The Hall–Kier alpha value is -1.14. The molecule has 0 aliphatic carbocycles. The molecule has 0 spiro atoms. The average Bonchev–Trinajstić information content (AvgIpc) is 3.39. The molecule has 1 N–H and O–H groups in total. The van der Waals surface area contributed by atoms with Gasteiger partial charge in [0.15, 0.2) is 5.96 Å². The van der Waals surface area contributed by atoms with E-state index in [9.17, 15) is 9.59 Å². The van der Waals surface area contributed by atoms with Crippen LogP contribution in [0.4, 0.5) is 0 Å². The van der Waals surface area contributed by atoms with E-state index in [1.165, 1.54) is 0 Å². The first-order valence-electron chi connectivity index (χ1n) is 10.8. The number of aliphatic imine (C=N–C) groups is 1. The quantitative estimate of drug-likeness (QED) is 0.304. The van der Waals surface area contributed by atoms with Crippen molar-refractivity contribution in [2.45, 2.75) is 37.8 Å². The van der Waals surface area contributed by atoms with E-state index < -0.39 is 0 Å². The number of nitrogens with one attached hydrogen (secondary N) is 1. The van der Waals surface area contributed by atoms with Gasteiger partial charge >= 0.3 is 0 Å². The maximum Gasteiger partial charge on any atom is 0.243 e. The van der Waals surface area contributed by atoms with Crippen LogP contribution in [0, 0.1) is 0 Å². The Balaban J connectivity index is 0.00000320. The van der Waals surface area contributed by atoms with Gasteiger partial charge < -0.3 is 24.8 Å². The Morgan fingerprint density at radius 2 is 1.77 bits per heavy atom. The molecule has 3 aliphatic rings. The largest absolute Gasteiger partial charge is 0.376 e. The van der Waals surface area contributed by atoms with Crippen molar-refractivity contribution in [1.82, 2.24) is 24.9 Å². The summed E-state index contributed by atoms with van der Waals surface area (Å²) in [5, 5.41) is 3.40. The second kappa shape index (κ2) is 12.0. The third kappa shape index (κ3) is 6.68. The Labute approximate surface area is 197 Å². The smallest absolute Gasteiger partial charge is 0.243 e. The molecule has 3 saturated heterocycles. The SMILES string of the molecule is CN(C)C(=O)CN=C(NCC1CCCO1)N1CCN(C(=O)C2CCCN2C)CC1.I. The van der Waals surface area contributed by atoms with Gasteiger partial charge in [-0.3, -0.25) is 14.5 Å². The number of carbonyl (C=O) groups excluding carboxylic acids is 2. The summed E-state index contributed by atoms with van der Waals surface area (Å²) in [7, 11) is 5.51. The maximum atomic E-state index is 12.8. The number of carbonyl (C=O) groups is 2. The van der Waals surface area contributed by atoms with Gasteiger partial charge in [-0.05, 0) is 39.3 Å². The minimum Gasteiger partial charge on any atom is -0.376 e. The van der Waals surface area contributed by atoms with E-state index in [0.29, 0.717) is 19.6 Å². The van der Waals surface area contributed by atoms with E-state index in [1.807, 2.05) is 11.9 Å². The lowest BCUT2D eigenvalue weighted by Gasteiger charge is -2.38. The van der Waals surface area contributed by atoms with Crippen molar-refractivity contribution in [2.24, 2.45) is 4.99 Å². The molecule has 0 bridgehead atoms. The van der Waals surface area contributed by atoms with Gasteiger partial charge in [0.1, 0.15) is 6.54 Å². The molecular formula is C20H37IN6O3. The van der Waals surface area contributed by atoms with Gasteiger partial charge in [0.25, 0.3) is 0 Å². The van der Waals surface area contributed by atoms with Crippen molar-refractivity contribution >= 4 is 41.8 Å². The summed E-state index contributed by atoms with van der Waals surface area (Å²) in [5.74, 6) is 0.957. The van der Waals surface area contributed by atoms with Crippen molar-refractivity contribution in [1.29, 1.82) is 0 Å². The normalized spacial score (nSPS) is 25.2. The van der Waals surface area contributed by atoms with E-state index in [0.717, 1.165) is 57.9 Å². The van der Waals surface area contributed by atoms with Crippen LogP contribution in [0.25, 0.3) is 0 Å². The number of piperazine rings is 1. The lowest BCUT2D eigenvalue weighted by molar-refractivity contribution is -0.136. The van der Waals surface area contributed by atoms with Crippen LogP contribution in [-0.4, -0.2) is 123 Å². The monoisotopic (exact) mass is 536 g/mol. The van der Waals surface area contributed by atoms with Crippen LogP contribution in [0.3, 0.4) is 0 Å². The number of likely N-dealkylation sites (tertiary alicyclic amines) is 1. The molecular weight excluding hydrogens is 499 g/mol. The summed E-state index contributed by atoms with van der Waals surface area (Å²) >= 11 is 0. The Morgan fingerprint density at radius 1 is 1.07 bits per heavy atom. The molecule has 3 aliphatic heterocycles. The molecule has 10 heteroatoms. The summed E-state index contributed by atoms with van der Waals surface area (Å²) in [4.78, 5) is 37.2. The second-order valence-electron chi connectivity index (χ2n) is 8.39. The number of ether oxygens (including phenoxy) is 1. The summed E-state index contributed by atoms with van der Waals surface area (Å²) in [5.41, 5.74) is 0. The molecule has 9 nitrogen and oxygen atoms in total. The lowest BCUT2D eigenvalue weighted by atomic mass is 10.1. The Kier molecular flexibility index (Phi) is 10.1. The van der Waals surface area contributed by atoms with Gasteiger partial charge in [0.2, 0.25) is 11.8 Å². The molecule has 0 saturated carbocycles. The summed E-state index contributed by atoms with van der Waals surface area (Å²) in [6.45, 7) is 5.44. The van der Waals surface area contributed by atoms with Gasteiger partial charge in [0.05, 0.1) is 12.1 Å². The van der Waals surface area contributed by atoms with E-state index >= 15 is 0 Å². The van der Waals surface area contributed by atoms with E-state index in [4.69, 9.17) is 4.74 Å². The minimum atomic E-state index is -0.0282. The number of likely N-dealkylation sites (N-methyl/N-ethyl adjacent to an activating group) is 2. The van der Waals surface area contributed by atoms with Crippen LogP contribution in [0.5, 0.6) is 0 Å². The van der Waals surface area contributed by atoms with Gasteiger partial charge in [-0.15, -0.1) is 24.0 Å². The zero-order valence-corrected chi connectivity index (χ0v) is 20.8. The number of rotatable bonds is 5. The van der Waals surface area contributed by atoms with Crippen molar-refractivity contribution in [3.05, 3.63) is 0 Å². The fraction of sp³-hybridized carbons (Fsp3) is 0.850. The summed E-state index contributed by atoms with van der Waals surface area (Å²) in [6.07, 6.45) is 4.39. The molecule has 30 heavy (non-hydrogen) atoms. The van der Waals surface area contributed by atoms with Crippen LogP contribution >= 0.6 is 24.0 Å². The van der Waals surface area contributed by atoms with Crippen LogP contribution in [-0.2, 0) is 14.3 Å². The van der Waals surface area contributed by atoms with Crippen molar-refractivity contribution in [3.8, 4) is 0 Å². The molecule has 0 aromatic carbocycles. The topological polar surface area (TPSA) is 80.7 Å². The third-order valence-corrected chi connectivity index (χ3v) is 6.07. The van der Waals surface area contributed by atoms with Crippen LogP contribution in [0.2, 0.25) is 0 Å². The molecule has 172 valence electrons. The minimum absolute atomic E-state index is 0. The van der Waals surface area contributed by atoms with Crippen molar-refractivity contribution in [2.75, 3.05) is 73.6 Å². The zero-order valence-electron chi connectivity index (χ0n) is 18.5. The number of hydrogen-bond acceptors (Lipinski definition) is 5. The van der Waals surface area contributed by atoms with E-state index in [1.54, 1.807) is 19.0 Å². The highest BCUT2D eigenvalue weighted by Crippen LogP contribution is 2.18. The molecule has 3 heterocycles. The molecule has 3 rings (SSSR count). The molecule has 2 amide bonds. The number of nitrogens with zero attached hydrogens (tertiary/aromatic N) is 5. The Bertz CT molecular complexity index is 603. The summed E-state index contributed by atoms with van der Waals surface area (Å²) < 4.78 is 5.70. The van der Waals surface area contributed by atoms with E-state index in [-0.39, 0.29) is 54.5 Å². The first kappa shape index (κ1) is 25.1. The van der Waals surface area contributed by atoms with Gasteiger partial charge in [-0.25, -0.2) is 4.99 Å². The van der Waals surface area contributed by atoms with Crippen LogP contribution < -0.4 is 5.32 Å². The average molecular weight is 536 g/mol. The highest BCUT2D eigenvalue weighted by Gasteiger charge is 2.33. The molecule has 0 aromatic rings. The van der Waals surface area contributed by atoms with Gasteiger partial charge in [-0.1, -0.05) is 0 Å². The van der Waals surface area contributed by atoms with Crippen molar-refractivity contribution in [3.63, 3.8) is 0 Å². The maximum absolute atomic E-state index is 12.8. The highest BCUT2D eigenvalue weighted by molar-refractivity contribution is 14.0. The summed E-state index contributed by atoms with van der Waals surface area (Å²) in [6, 6.07) is 0.0324. The number of guanidine groups is 1. The van der Waals surface area contributed by atoms with Gasteiger partial charge in [0, 0.05) is 53.4 Å². The molecule has 0 radical (unpaired) electrons. The standard InChI is InChI=1S/C20H36N6O3.HI/c1-23(2)18(27)15-22-20(21-14-16-6-5-13-29-16)26-11-9-25(10-12-26)19(28)17-7-4-8-24(17)3;/h16-17H,4-15H2,1-3H3,(H,21,22);1H. The molecule has 2 unspecified atom stereocenters. The molecule has 2 atom stereocenters. The molecule has 0 aromatic heterocycles. The predicted octanol–water partition coefficient (Wildman–Crippen LogP) is 0.0556. The number of hydrogen-bond donors (Lipinski definition) is 1. The zero-order chi connectivity index (χ0) is 20.8. The number of halogens is 1. The van der Waals surface area contributed by atoms with Gasteiger partial charge in [-0.2, -0.15) is 0 Å². The fourth-order valence-corrected chi connectivity index (χ4v) is 4.13. The number of amides is 2. The van der Waals surface area contributed by atoms with Crippen LogP contribution in [0.15, 0.2) is 4.99 Å². The fourth-order valence-electron chi connectivity index (χ4n) is 4.13. The highest BCUT2D eigenvalue weighted by atomic mass is 127. The van der Waals surface area contributed by atoms with Crippen molar-refractivity contribution < 1.29 is 14.3 Å².